The number of halogens is 2. The van der Waals surface area contributed by atoms with Crippen molar-refractivity contribution in [3.05, 3.63) is 38.9 Å². The van der Waals surface area contributed by atoms with Gasteiger partial charge in [-0.3, -0.25) is 4.79 Å². The van der Waals surface area contributed by atoms with Gasteiger partial charge in [-0.15, -0.1) is 0 Å². The third-order valence-electron chi connectivity index (χ3n) is 3.34. The van der Waals surface area contributed by atoms with Gasteiger partial charge in [0.15, 0.2) is 11.6 Å². The van der Waals surface area contributed by atoms with Gasteiger partial charge < -0.3 is 14.4 Å². The Balaban J connectivity index is 2.57. The lowest BCUT2D eigenvalue weighted by atomic mass is 10.1. The van der Waals surface area contributed by atoms with Crippen molar-refractivity contribution in [3.8, 4) is 5.75 Å². The van der Waals surface area contributed by atoms with Gasteiger partial charge in [0.2, 0.25) is 5.43 Å². The summed E-state index contributed by atoms with van der Waals surface area (Å²) in [6, 6.07) is 0.923. The molecule has 0 aliphatic carbocycles. The predicted molar refractivity (Wildman–Crippen MR) is 70.3 cm³/mol. The number of carboxylic acid groups (broad SMARTS) is 1. The van der Waals surface area contributed by atoms with Crippen LogP contribution in [0.5, 0.6) is 5.75 Å². The van der Waals surface area contributed by atoms with Crippen LogP contribution in [0.15, 0.2) is 17.1 Å². The molecule has 1 aliphatic heterocycles. The largest absolute Gasteiger partial charge is 0.486 e. The Morgan fingerprint density at radius 1 is 1.60 bits per heavy atom. The number of hydrogen-bond acceptors (Lipinski definition) is 3. The van der Waals surface area contributed by atoms with Crippen LogP contribution in [0.25, 0.3) is 10.9 Å². The molecule has 2 aromatic rings. The molecule has 104 valence electrons. The predicted octanol–water partition coefficient (Wildman–Crippen LogP) is 2.45. The SMILES string of the molecule is CC1COc2c(F)c(Cl)cc3c(=O)c(C(=O)O)cn1c23. The zero-order valence-electron chi connectivity index (χ0n) is 10.3. The first-order valence-electron chi connectivity index (χ1n) is 5.84. The van der Waals surface area contributed by atoms with Gasteiger partial charge in [-0.1, -0.05) is 11.6 Å². The third kappa shape index (κ3) is 1.61. The number of ether oxygens (including phenoxy) is 1. The van der Waals surface area contributed by atoms with Crippen molar-refractivity contribution in [1.82, 2.24) is 4.57 Å². The number of aromatic carboxylic acids is 1. The zero-order chi connectivity index (χ0) is 14.6. The van der Waals surface area contributed by atoms with E-state index in [9.17, 15) is 14.0 Å². The molecule has 2 heterocycles. The van der Waals surface area contributed by atoms with Crippen LogP contribution in [0.4, 0.5) is 4.39 Å². The summed E-state index contributed by atoms with van der Waals surface area (Å²) in [6.45, 7) is 1.95. The average Bonchev–Trinajstić information content (AvgIpc) is 2.39. The number of pyridine rings is 1. The van der Waals surface area contributed by atoms with Gasteiger partial charge in [-0.2, -0.15) is 0 Å². The highest BCUT2D eigenvalue weighted by Gasteiger charge is 2.27. The minimum Gasteiger partial charge on any atom is -0.486 e. The molecule has 7 heteroatoms. The molecule has 1 unspecified atom stereocenters. The Hall–Kier alpha value is -2.08. The summed E-state index contributed by atoms with van der Waals surface area (Å²) in [5, 5.41) is 8.86. The highest BCUT2D eigenvalue weighted by Crippen LogP contribution is 2.37. The minimum atomic E-state index is -1.33. The molecule has 0 saturated carbocycles. The van der Waals surface area contributed by atoms with Gasteiger partial charge in [0, 0.05) is 6.20 Å². The number of carboxylic acids is 1. The smallest absolute Gasteiger partial charge is 0.341 e. The van der Waals surface area contributed by atoms with Gasteiger partial charge in [-0.25, -0.2) is 9.18 Å². The number of rotatable bonds is 1. The van der Waals surface area contributed by atoms with Crippen molar-refractivity contribution in [2.45, 2.75) is 13.0 Å². The first kappa shape index (κ1) is 12.9. The van der Waals surface area contributed by atoms with E-state index in [-0.39, 0.29) is 39.9 Å². The van der Waals surface area contributed by atoms with E-state index >= 15 is 0 Å². The summed E-state index contributed by atoms with van der Waals surface area (Å²) in [5.41, 5.74) is -0.842. The Kier molecular flexibility index (Phi) is 2.72. The quantitative estimate of drug-likeness (QED) is 0.878. The number of carbonyl (C=O) groups is 1. The first-order chi connectivity index (χ1) is 9.41. The molecule has 0 bridgehead atoms. The number of hydrogen-bond donors (Lipinski definition) is 1. The van der Waals surface area contributed by atoms with Crippen LogP contribution >= 0.6 is 11.6 Å². The van der Waals surface area contributed by atoms with E-state index < -0.39 is 17.2 Å². The van der Waals surface area contributed by atoms with Gasteiger partial charge in [0.25, 0.3) is 0 Å². The zero-order valence-corrected chi connectivity index (χ0v) is 11.1. The highest BCUT2D eigenvalue weighted by molar-refractivity contribution is 6.31. The van der Waals surface area contributed by atoms with E-state index in [2.05, 4.69) is 0 Å². The van der Waals surface area contributed by atoms with Crippen LogP contribution in [0, 0.1) is 5.82 Å². The fraction of sp³-hybridized carbons (Fsp3) is 0.231. The lowest BCUT2D eigenvalue weighted by Gasteiger charge is -2.27. The Bertz CT molecular complexity index is 814. The number of nitrogens with zero attached hydrogens (tertiary/aromatic N) is 1. The molecule has 0 spiro atoms. The van der Waals surface area contributed by atoms with Crippen LogP contribution in [0.3, 0.4) is 0 Å². The fourth-order valence-electron chi connectivity index (χ4n) is 2.35. The highest BCUT2D eigenvalue weighted by atomic mass is 35.5. The van der Waals surface area contributed by atoms with Crippen LogP contribution in [0.2, 0.25) is 5.02 Å². The lowest BCUT2D eigenvalue weighted by Crippen LogP contribution is -2.26. The Labute approximate surface area is 117 Å². The second kappa shape index (κ2) is 4.21. The molecule has 20 heavy (non-hydrogen) atoms. The maximum absolute atomic E-state index is 14.0. The Morgan fingerprint density at radius 3 is 2.95 bits per heavy atom. The topological polar surface area (TPSA) is 68.5 Å². The molecule has 3 rings (SSSR count). The third-order valence-corrected chi connectivity index (χ3v) is 3.62. The Morgan fingerprint density at radius 2 is 2.30 bits per heavy atom. The molecule has 0 radical (unpaired) electrons. The van der Waals surface area contributed by atoms with Crippen LogP contribution in [-0.4, -0.2) is 22.2 Å². The summed E-state index contributed by atoms with van der Waals surface area (Å²) < 4.78 is 20.8. The second-order valence-electron chi connectivity index (χ2n) is 4.64. The maximum Gasteiger partial charge on any atom is 0.341 e. The number of aromatic nitrogens is 1. The van der Waals surface area contributed by atoms with E-state index in [1.165, 1.54) is 6.20 Å². The van der Waals surface area contributed by atoms with Crippen molar-refractivity contribution >= 4 is 28.5 Å². The molecule has 1 aromatic carbocycles. The summed E-state index contributed by atoms with van der Waals surface area (Å²) in [7, 11) is 0. The summed E-state index contributed by atoms with van der Waals surface area (Å²) in [5.74, 6) is -2.19. The molecule has 1 atom stereocenters. The standard InChI is InChI=1S/C13H9ClFNO4/c1-5-4-20-12-9(15)8(14)2-6-10(12)16(5)3-7(11(6)17)13(18)19/h2-3,5H,4H2,1H3,(H,18,19). The molecule has 1 aliphatic rings. The molecule has 0 saturated heterocycles. The fourth-order valence-corrected chi connectivity index (χ4v) is 2.54. The van der Waals surface area contributed by atoms with Gasteiger partial charge in [0.05, 0.1) is 22.0 Å². The number of benzene rings is 1. The van der Waals surface area contributed by atoms with Crippen molar-refractivity contribution < 1.29 is 19.0 Å². The van der Waals surface area contributed by atoms with E-state index in [4.69, 9.17) is 21.4 Å². The van der Waals surface area contributed by atoms with Gasteiger partial charge >= 0.3 is 5.97 Å². The van der Waals surface area contributed by atoms with Gasteiger partial charge in [-0.05, 0) is 13.0 Å². The van der Waals surface area contributed by atoms with Crippen molar-refractivity contribution in [2.24, 2.45) is 0 Å². The maximum atomic E-state index is 14.0. The molecule has 1 aromatic heterocycles. The van der Waals surface area contributed by atoms with E-state index in [1.807, 2.05) is 0 Å². The lowest BCUT2D eigenvalue weighted by molar-refractivity contribution is 0.0694. The van der Waals surface area contributed by atoms with E-state index in [0.29, 0.717) is 0 Å². The monoisotopic (exact) mass is 297 g/mol. The van der Waals surface area contributed by atoms with Crippen LogP contribution < -0.4 is 10.2 Å². The molecular formula is C13H9ClFNO4. The second-order valence-corrected chi connectivity index (χ2v) is 5.05. The first-order valence-corrected chi connectivity index (χ1v) is 6.22. The van der Waals surface area contributed by atoms with E-state index in [0.717, 1.165) is 6.07 Å². The van der Waals surface area contributed by atoms with Crippen LogP contribution in [0.1, 0.15) is 23.3 Å². The minimum absolute atomic E-state index is 0.0397. The van der Waals surface area contributed by atoms with Crippen molar-refractivity contribution in [2.75, 3.05) is 6.61 Å². The normalized spacial score (nSPS) is 17.1. The molecular weight excluding hydrogens is 289 g/mol. The molecule has 5 nitrogen and oxygen atoms in total. The van der Waals surface area contributed by atoms with Gasteiger partial charge in [0.1, 0.15) is 12.2 Å². The molecule has 0 amide bonds. The van der Waals surface area contributed by atoms with Crippen molar-refractivity contribution in [3.63, 3.8) is 0 Å². The molecule has 0 fully saturated rings. The van der Waals surface area contributed by atoms with Crippen molar-refractivity contribution in [1.29, 1.82) is 0 Å². The summed E-state index contributed by atoms with van der Waals surface area (Å²) >= 11 is 5.74. The summed E-state index contributed by atoms with van der Waals surface area (Å²) in [4.78, 5) is 23.3. The van der Waals surface area contributed by atoms with Crippen LogP contribution in [-0.2, 0) is 0 Å². The summed E-state index contributed by atoms with van der Waals surface area (Å²) in [6.07, 6.45) is 1.22. The average molecular weight is 298 g/mol. The van der Waals surface area contributed by atoms with E-state index in [1.54, 1.807) is 11.5 Å². The molecule has 1 N–H and O–H groups in total.